The summed E-state index contributed by atoms with van der Waals surface area (Å²) in [7, 11) is 0. The molecule has 0 fully saturated rings. The minimum absolute atomic E-state index is 0.660. The van der Waals surface area contributed by atoms with Gasteiger partial charge in [0.15, 0.2) is 0 Å². The zero-order chi connectivity index (χ0) is 38.6. The molecule has 276 valence electrons. The lowest BCUT2D eigenvalue weighted by atomic mass is 9.87. The molecule has 4 nitrogen and oxygen atoms in total. The zero-order valence-electron chi connectivity index (χ0n) is 31.8. The number of nitrogens with zero attached hydrogens (tertiary/aromatic N) is 3. The molecule has 4 heterocycles. The summed E-state index contributed by atoms with van der Waals surface area (Å²) in [5, 5.41) is 8.31. The van der Waals surface area contributed by atoms with E-state index < -0.39 is 0 Å². The predicted molar refractivity (Wildman–Crippen MR) is 246 cm³/mol. The van der Waals surface area contributed by atoms with Gasteiger partial charge < -0.3 is 4.42 Å². The third-order valence-corrected chi connectivity index (χ3v) is 13.4. The van der Waals surface area contributed by atoms with Crippen LogP contribution < -0.4 is 0 Å². The number of thiophene rings is 1. The molecule has 0 amide bonds. The van der Waals surface area contributed by atoms with Gasteiger partial charge >= 0.3 is 0 Å². The van der Waals surface area contributed by atoms with E-state index in [2.05, 4.69) is 180 Å². The molecule has 8 aromatic carbocycles. The summed E-state index contributed by atoms with van der Waals surface area (Å²) in [6, 6.07) is 63.2. The van der Waals surface area contributed by atoms with Crippen molar-refractivity contribution in [1.82, 2.24) is 14.5 Å². The van der Waals surface area contributed by atoms with Gasteiger partial charge in [-0.2, -0.15) is 0 Å². The van der Waals surface area contributed by atoms with Crippen molar-refractivity contribution in [3.63, 3.8) is 0 Å². The van der Waals surface area contributed by atoms with Gasteiger partial charge in [-0.15, -0.1) is 11.3 Å². The third-order valence-electron chi connectivity index (χ3n) is 12.3. The van der Waals surface area contributed by atoms with Crippen LogP contribution in [0.4, 0.5) is 0 Å². The Morgan fingerprint density at radius 3 is 1.95 bits per heavy atom. The molecule has 0 saturated heterocycles. The lowest BCUT2D eigenvalue weighted by Gasteiger charge is -2.16. The van der Waals surface area contributed by atoms with Gasteiger partial charge in [0.25, 0.3) is 0 Å². The largest absolute Gasteiger partial charge is 0.456 e. The molecule has 0 unspecified atom stereocenters. The molecule has 0 N–H and O–H groups in total. The fourth-order valence-corrected chi connectivity index (χ4v) is 10.7. The number of hydrogen-bond acceptors (Lipinski definition) is 4. The summed E-state index contributed by atoms with van der Waals surface area (Å²) in [4.78, 5) is 12.1. The summed E-state index contributed by atoms with van der Waals surface area (Å²) < 4.78 is 10.3. The van der Waals surface area contributed by atoms with Gasteiger partial charge in [0.05, 0.1) is 16.7 Å². The molecule has 12 aromatic rings. The van der Waals surface area contributed by atoms with Gasteiger partial charge in [0.2, 0.25) is 5.95 Å². The van der Waals surface area contributed by atoms with Crippen LogP contribution in [0.25, 0.3) is 115 Å². The minimum atomic E-state index is 0.660. The second-order valence-electron chi connectivity index (χ2n) is 15.6. The Bertz CT molecular complexity index is 3660. The van der Waals surface area contributed by atoms with Crippen LogP contribution in [0.1, 0.15) is 11.1 Å². The molecule has 4 aromatic heterocycles. The topological polar surface area (TPSA) is 43.9 Å². The van der Waals surface area contributed by atoms with Gasteiger partial charge in [-0.1, -0.05) is 133 Å². The standard InChI is InChI=1S/C54H33N3OS/c1-4-12-32(13-5-1)36-21-25-45-42(28-36)43-30-38-20-24-40-44-29-37(33-14-6-2-7-15-33)22-26-47(44)58-52(40)41(38)31-46(43)57(45)54-55-51(35-17-8-3-9-18-35)50-49-39-19-11-10-16-34(39)23-27-48(49)59-53(50)56-54/h1-19,21-23,25-31H,20,24H2. The Morgan fingerprint density at radius 2 is 1.17 bits per heavy atom. The first-order chi connectivity index (χ1) is 29.2. The summed E-state index contributed by atoms with van der Waals surface area (Å²) in [6.45, 7) is 0. The van der Waals surface area contributed by atoms with E-state index in [-0.39, 0.29) is 0 Å². The lowest BCUT2D eigenvalue weighted by Crippen LogP contribution is -2.05. The van der Waals surface area contributed by atoms with Crippen molar-refractivity contribution >= 4 is 75.2 Å². The average molecular weight is 772 g/mol. The lowest BCUT2D eigenvalue weighted by molar-refractivity contribution is 0.621. The zero-order valence-corrected chi connectivity index (χ0v) is 32.6. The van der Waals surface area contributed by atoms with Crippen molar-refractivity contribution in [3.8, 4) is 50.8 Å². The Kier molecular flexibility index (Phi) is 6.97. The highest BCUT2D eigenvalue weighted by Gasteiger charge is 2.27. The number of fused-ring (bicyclic) bond motifs is 13. The summed E-state index contributed by atoms with van der Waals surface area (Å²) >= 11 is 1.74. The molecule has 0 bridgehead atoms. The molecule has 13 rings (SSSR count). The van der Waals surface area contributed by atoms with E-state index in [4.69, 9.17) is 14.4 Å². The maximum absolute atomic E-state index is 6.82. The molecule has 1 aliphatic carbocycles. The van der Waals surface area contributed by atoms with Crippen molar-refractivity contribution in [1.29, 1.82) is 0 Å². The van der Waals surface area contributed by atoms with Crippen LogP contribution in [0.2, 0.25) is 0 Å². The van der Waals surface area contributed by atoms with Crippen molar-refractivity contribution in [2.75, 3.05) is 0 Å². The van der Waals surface area contributed by atoms with Gasteiger partial charge in [-0.3, -0.25) is 4.57 Å². The molecule has 5 heteroatoms. The van der Waals surface area contributed by atoms with Crippen molar-refractivity contribution in [2.24, 2.45) is 0 Å². The van der Waals surface area contributed by atoms with E-state index in [1.165, 1.54) is 70.4 Å². The Labute approximate surface area is 343 Å². The molecule has 59 heavy (non-hydrogen) atoms. The van der Waals surface area contributed by atoms with Crippen molar-refractivity contribution in [3.05, 3.63) is 187 Å². The first-order valence-electron chi connectivity index (χ1n) is 20.2. The van der Waals surface area contributed by atoms with Crippen LogP contribution in [-0.4, -0.2) is 14.5 Å². The second kappa shape index (κ2) is 12.6. The van der Waals surface area contributed by atoms with Gasteiger partial charge in [-0.25, -0.2) is 9.97 Å². The van der Waals surface area contributed by atoms with Crippen LogP contribution in [0.3, 0.4) is 0 Å². The van der Waals surface area contributed by atoms with Crippen LogP contribution in [0.5, 0.6) is 0 Å². The van der Waals surface area contributed by atoms with Crippen LogP contribution in [-0.2, 0) is 12.8 Å². The van der Waals surface area contributed by atoms with E-state index in [0.29, 0.717) is 5.95 Å². The third kappa shape index (κ3) is 4.95. The fraction of sp³-hybridized carbons (Fsp3) is 0.0370. The highest BCUT2D eigenvalue weighted by molar-refractivity contribution is 7.25. The first-order valence-corrected chi connectivity index (χ1v) is 21.0. The molecular formula is C54H33N3OS. The quantitative estimate of drug-likeness (QED) is 0.179. The van der Waals surface area contributed by atoms with E-state index >= 15 is 0 Å². The maximum atomic E-state index is 6.82. The molecule has 0 saturated carbocycles. The van der Waals surface area contributed by atoms with E-state index in [1.807, 2.05) is 0 Å². The van der Waals surface area contributed by atoms with Crippen LogP contribution in [0.15, 0.2) is 180 Å². The van der Waals surface area contributed by atoms with E-state index in [9.17, 15) is 0 Å². The first kappa shape index (κ1) is 32.7. The SMILES string of the molecule is c1ccc(-c2ccc3oc4c(c3c2)CCc2cc3c5cc(-c6ccccc6)ccc5n(-c5nc(-c6ccccc6)c6c(n5)sc5ccc7ccccc7c56)c3cc2-4)cc1. The van der Waals surface area contributed by atoms with Crippen LogP contribution >= 0.6 is 11.3 Å². The number of rotatable bonds is 4. The molecule has 0 atom stereocenters. The Balaban J connectivity index is 1.10. The minimum Gasteiger partial charge on any atom is -0.456 e. The second-order valence-corrected chi connectivity index (χ2v) is 16.7. The van der Waals surface area contributed by atoms with Gasteiger partial charge in [0, 0.05) is 48.3 Å². The molecule has 0 radical (unpaired) electrons. The van der Waals surface area contributed by atoms with E-state index in [1.54, 1.807) is 11.3 Å². The number of aromatic nitrogens is 3. The smallest absolute Gasteiger partial charge is 0.236 e. The number of furan rings is 1. The summed E-state index contributed by atoms with van der Waals surface area (Å²) in [6.07, 6.45) is 1.86. The predicted octanol–water partition coefficient (Wildman–Crippen LogP) is 14.6. The molecular weight excluding hydrogens is 739 g/mol. The molecule has 0 aliphatic heterocycles. The summed E-state index contributed by atoms with van der Waals surface area (Å²) in [5.74, 6) is 1.63. The Hall–Kier alpha value is -7.34. The fourth-order valence-electron chi connectivity index (χ4n) is 9.57. The van der Waals surface area contributed by atoms with Gasteiger partial charge in [0.1, 0.15) is 16.2 Å². The normalized spacial score (nSPS) is 12.6. The molecule has 1 aliphatic rings. The molecule has 0 spiro atoms. The number of benzene rings is 8. The highest BCUT2D eigenvalue weighted by Crippen LogP contribution is 2.46. The van der Waals surface area contributed by atoms with Crippen molar-refractivity contribution < 1.29 is 4.42 Å². The summed E-state index contributed by atoms with van der Waals surface area (Å²) in [5.41, 5.74) is 13.6. The van der Waals surface area contributed by atoms with Crippen molar-refractivity contribution in [2.45, 2.75) is 12.8 Å². The van der Waals surface area contributed by atoms with E-state index in [0.717, 1.165) is 62.3 Å². The monoisotopic (exact) mass is 771 g/mol. The Morgan fingerprint density at radius 1 is 0.492 bits per heavy atom. The number of aryl methyl sites for hydroxylation is 2. The van der Waals surface area contributed by atoms with Crippen LogP contribution in [0, 0.1) is 0 Å². The highest BCUT2D eigenvalue weighted by atomic mass is 32.1. The van der Waals surface area contributed by atoms with Gasteiger partial charge in [-0.05, 0) is 93.9 Å². The average Bonchev–Trinajstić information content (AvgIpc) is 3.98. The maximum Gasteiger partial charge on any atom is 0.236 e. The number of hydrogen-bond donors (Lipinski definition) is 0.